The van der Waals surface area contributed by atoms with Crippen LogP contribution in [0.4, 0.5) is 11.4 Å². The largest absolute Gasteiger partial charge is 0.497 e. The second-order valence-electron chi connectivity index (χ2n) is 8.98. The molecule has 0 aliphatic carbocycles. The zero-order chi connectivity index (χ0) is 22.3. The Morgan fingerprint density at radius 3 is 2.45 bits per heavy atom. The molecule has 1 amide bonds. The van der Waals surface area contributed by atoms with Gasteiger partial charge in [-0.1, -0.05) is 32.9 Å². The van der Waals surface area contributed by atoms with Gasteiger partial charge in [0.1, 0.15) is 5.75 Å². The highest BCUT2D eigenvalue weighted by molar-refractivity contribution is 7.98. The van der Waals surface area contributed by atoms with E-state index in [4.69, 9.17) is 9.47 Å². The van der Waals surface area contributed by atoms with E-state index in [1.54, 1.807) is 18.9 Å². The number of ether oxygens (including phenoxy) is 2. The number of hydrogen-bond acceptors (Lipinski definition) is 5. The van der Waals surface area contributed by atoms with E-state index in [0.717, 1.165) is 60.4 Å². The maximum Gasteiger partial charge on any atom is 0.229 e. The smallest absolute Gasteiger partial charge is 0.229 e. The van der Waals surface area contributed by atoms with Crippen molar-refractivity contribution >= 4 is 29.0 Å². The Morgan fingerprint density at radius 1 is 1.10 bits per heavy atom. The summed E-state index contributed by atoms with van der Waals surface area (Å²) in [6.07, 6.45) is 2.15. The summed E-state index contributed by atoms with van der Waals surface area (Å²) in [4.78, 5) is 13.8. The molecule has 5 nitrogen and oxygen atoms in total. The number of hydrogen-bond donors (Lipinski definition) is 2. The molecule has 6 heteroatoms. The van der Waals surface area contributed by atoms with E-state index in [1.807, 2.05) is 32.9 Å². The predicted molar refractivity (Wildman–Crippen MR) is 129 cm³/mol. The Morgan fingerprint density at radius 2 is 1.81 bits per heavy atom. The van der Waals surface area contributed by atoms with E-state index in [9.17, 15) is 4.79 Å². The monoisotopic (exact) mass is 442 g/mol. The van der Waals surface area contributed by atoms with E-state index < -0.39 is 5.41 Å². The number of rotatable bonds is 8. The van der Waals surface area contributed by atoms with Crippen LogP contribution >= 0.6 is 11.8 Å². The Bertz CT molecular complexity index is 856. The molecule has 0 aromatic heterocycles. The quantitative estimate of drug-likeness (QED) is 0.505. The van der Waals surface area contributed by atoms with Crippen LogP contribution in [0.5, 0.6) is 5.75 Å². The average Bonchev–Trinajstić information content (AvgIpc) is 2.77. The second kappa shape index (κ2) is 10.9. The second-order valence-corrected chi connectivity index (χ2v) is 10.0. The third-order valence-corrected chi connectivity index (χ3v) is 6.47. The molecule has 0 atom stereocenters. The maximum atomic E-state index is 12.7. The van der Waals surface area contributed by atoms with Crippen molar-refractivity contribution in [2.75, 3.05) is 37.5 Å². The minimum absolute atomic E-state index is 0.0129. The first-order valence-corrected chi connectivity index (χ1v) is 11.9. The number of nitrogens with one attached hydrogen (secondary N) is 2. The van der Waals surface area contributed by atoms with Gasteiger partial charge < -0.3 is 20.1 Å². The van der Waals surface area contributed by atoms with Gasteiger partial charge in [0.2, 0.25) is 5.91 Å². The van der Waals surface area contributed by atoms with Crippen LogP contribution < -0.4 is 15.4 Å². The lowest BCUT2D eigenvalue weighted by atomic mass is 9.95. The molecule has 1 heterocycles. The number of carbonyl (C=O) groups is 1. The van der Waals surface area contributed by atoms with Gasteiger partial charge in [-0.05, 0) is 54.7 Å². The normalized spacial score (nSPS) is 14.8. The van der Waals surface area contributed by atoms with Crippen LogP contribution in [0.3, 0.4) is 0 Å². The topological polar surface area (TPSA) is 59.6 Å². The zero-order valence-electron chi connectivity index (χ0n) is 19.0. The molecule has 1 aliphatic heterocycles. The average molecular weight is 443 g/mol. The fourth-order valence-electron chi connectivity index (χ4n) is 3.27. The molecule has 1 saturated heterocycles. The SMILES string of the molecule is COc1ccc(CSc2ccc(NCC3CCOCC3)c(NC(=O)C(C)(C)C)c2)cc1. The Balaban J connectivity index is 1.70. The van der Waals surface area contributed by atoms with E-state index in [1.165, 1.54) is 5.56 Å². The van der Waals surface area contributed by atoms with Gasteiger partial charge in [0.25, 0.3) is 0 Å². The minimum atomic E-state index is -0.454. The third kappa shape index (κ3) is 7.18. The first-order valence-electron chi connectivity index (χ1n) is 10.9. The lowest BCUT2D eigenvalue weighted by Crippen LogP contribution is -2.28. The summed E-state index contributed by atoms with van der Waals surface area (Å²) in [6, 6.07) is 14.4. The van der Waals surface area contributed by atoms with Crippen molar-refractivity contribution < 1.29 is 14.3 Å². The Labute approximate surface area is 190 Å². The first kappa shape index (κ1) is 23.5. The van der Waals surface area contributed by atoms with Gasteiger partial charge in [-0.15, -0.1) is 11.8 Å². The van der Waals surface area contributed by atoms with Gasteiger partial charge in [0, 0.05) is 35.8 Å². The van der Waals surface area contributed by atoms with Gasteiger partial charge in [0.05, 0.1) is 18.5 Å². The van der Waals surface area contributed by atoms with Crippen LogP contribution in [0.2, 0.25) is 0 Å². The number of thioether (sulfide) groups is 1. The zero-order valence-corrected chi connectivity index (χ0v) is 19.8. The van der Waals surface area contributed by atoms with Crippen LogP contribution in [0.1, 0.15) is 39.2 Å². The standard InChI is InChI=1S/C25H34N2O3S/c1-25(2,3)24(28)27-23-15-21(31-17-19-5-7-20(29-4)8-6-19)9-10-22(23)26-16-18-11-13-30-14-12-18/h5-10,15,18,26H,11-14,16-17H2,1-4H3,(H,27,28). The third-order valence-electron chi connectivity index (χ3n) is 5.41. The highest BCUT2D eigenvalue weighted by Gasteiger charge is 2.22. The van der Waals surface area contributed by atoms with E-state index in [2.05, 4.69) is 41.0 Å². The van der Waals surface area contributed by atoms with Gasteiger partial charge in [-0.2, -0.15) is 0 Å². The summed E-state index contributed by atoms with van der Waals surface area (Å²) >= 11 is 1.75. The molecule has 2 N–H and O–H groups in total. The summed E-state index contributed by atoms with van der Waals surface area (Å²) < 4.78 is 10.7. The molecule has 168 valence electrons. The minimum Gasteiger partial charge on any atom is -0.497 e. The molecule has 1 aliphatic rings. The fourth-order valence-corrected chi connectivity index (χ4v) is 4.17. The van der Waals surface area contributed by atoms with Crippen molar-refractivity contribution in [2.24, 2.45) is 11.3 Å². The lowest BCUT2D eigenvalue weighted by Gasteiger charge is -2.24. The van der Waals surface area contributed by atoms with E-state index in [-0.39, 0.29) is 5.91 Å². The molecule has 0 unspecified atom stereocenters. The number of methoxy groups -OCH3 is 1. The van der Waals surface area contributed by atoms with Crippen molar-refractivity contribution in [1.29, 1.82) is 0 Å². The first-order chi connectivity index (χ1) is 14.8. The Kier molecular flexibility index (Phi) is 8.27. The van der Waals surface area contributed by atoms with Crippen molar-refractivity contribution in [3.8, 4) is 5.75 Å². The summed E-state index contributed by atoms with van der Waals surface area (Å²) in [6.45, 7) is 8.35. The maximum absolute atomic E-state index is 12.7. The van der Waals surface area contributed by atoms with Gasteiger partial charge in [-0.25, -0.2) is 0 Å². The Hall–Kier alpha value is -2.18. The van der Waals surface area contributed by atoms with Crippen molar-refractivity contribution in [3.63, 3.8) is 0 Å². The molecule has 2 aromatic carbocycles. The van der Waals surface area contributed by atoms with Gasteiger partial charge in [0.15, 0.2) is 0 Å². The van der Waals surface area contributed by atoms with Crippen molar-refractivity contribution in [1.82, 2.24) is 0 Å². The van der Waals surface area contributed by atoms with E-state index >= 15 is 0 Å². The fraction of sp³-hybridized carbons (Fsp3) is 0.480. The highest BCUT2D eigenvalue weighted by atomic mass is 32.2. The summed E-state index contributed by atoms with van der Waals surface area (Å²) in [5.74, 6) is 2.33. The molecular formula is C25H34N2O3S. The molecule has 0 bridgehead atoms. The van der Waals surface area contributed by atoms with Crippen molar-refractivity contribution in [3.05, 3.63) is 48.0 Å². The van der Waals surface area contributed by atoms with Crippen LogP contribution in [-0.4, -0.2) is 32.8 Å². The van der Waals surface area contributed by atoms with Crippen molar-refractivity contribution in [2.45, 2.75) is 44.3 Å². The molecule has 3 rings (SSSR count). The van der Waals surface area contributed by atoms with Crippen LogP contribution in [-0.2, 0) is 15.3 Å². The molecule has 31 heavy (non-hydrogen) atoms. The van der Waals surface area contributed by atoms with Crippen LogP contribution in [0, 0.1) is 11.3 Å². The van der Waals surface area contributed by atoms with Crippen LogP contribution in [0.25, 0.3) is 0 Å². The lowest BCUT2D eigenvalue weighted by molar-refractivity contribution is -0.123. The van der Waals surface area contributed by atoms with Crippen LogP contribution in [0.15, 0.2) is 47.4 Å². The summed E-state index contributed by atoms with van der Waals surface area (Å²) in [5.41, 5.74) is 2.59. The van der Waals surface area contributed by atoms with Gasteiger partial charge in [-0.3, -0.25) is 4.79 Å². The molecule has 0 saturated carbocycles. The molecule has 2 aromatic rings. The summed E-state index contributed by atoms with van der Waals surface area (Å²) in [5, 5.41) is 6.70. The highest BCUT2D eigenvalue weighted by Crippen LogP contribution is 2.32. The number of carbonyl (C=O) groups excluding carboxylic acids is 1. The molecule has 1 fully saturated rings. The molecule has 0 spiro atoms. The molecular weight excluding hydrogens is 408 g/mol. The predicted octanol–water partition coefficient (Wildman–Crippen LogP) is 5.81. The van der Waals surface area contributed by atoms with Gasteiger partial charge >= 0.3 is 0 Å². The number of anilines is 2. The molecule has 0 radical (unpaired) electrons. The number of benzene rings is 2. The summed E-state index contributed by atoms with van der Waals surface area (Å²) in [7, 11) is 1.68. The van der Waals surface area contributed by atoms with E-state index in [0.29, 0.717) is 5.92 Å². The number of amides is 1.